The van der Waals surface area contributed by atoms with E-state index in [9.17, 15) is 8.42 Å². The van der Waals surface area contributed by atoms with E-state index in [-0.39, 0.29) is 11.8 Å². The van der Waals surface area contributed by atoms with Gasteiger partial charge in [-0.15, -0.1) is 0 Å². The average molecular weight is 283 g/mol. The van der Waals surface area contributed by atoms with E-state index in [0.29, 0.717) is 23.4 Å². The molecule has 0 amide bonds. The molecule has 0 radical (unpaired) electrons. The van der Waals surface area contributed by atoms with Crippen LogP contribution >= 0.6 is 0 Å². The van der Waals surface area contributed by atoms with Gasteiger partial charge in [-0.05, 0) is 31.2 Å². The van der Waals surface area contributed by atoms with Crippen molar-refractivity contribution >= 4 is 9.84 Å². The predicted octanol–water partition coefficient (Wildman–Crippen LogP) is 0.593. The molecule has 2 rings (SSSR count). The zero-order chi connectivity index (χ0) is 14.0. The van der Waals surface area contributed by atoms with E-state index in [1.807, 2.05) is 12.1 Å². The molecule has 0 saturated carbocycles. The normalized spacial score (nSPS) is 27.6. The molecule has 1 fully saturated rings. The average Bonchev–Trinajstić information content (AvgIpc) is 2.80. The van der Waals surface area contributed by atoms with Crippen molar-refractivity contribution in [2.75, 3.05) is 12.3 Å². The van der Waals surface area contributed by atoms with Crippen molar-refractivity contribution in [3.05, 3.63) is 29.8 Å². The monoisotopic (exact) mass is 283 g/mol. The molecule has 5 nitrogen and oxygen atoms in total. The van der Waals surface area contributed by atoms with Crippen molar-refractivity contribution in [2.24, 2.45) is 11.7 Å². The molecule has 106 valence electrons. The zero-order valence-corrected chi connectivity index (χ0v) is 12.1. The summed E-state index contributed by atoms with van der Waals surface area (Å²) < 4.78 is 23.5. The summed E-state index contributed by atoms with van der Waals surface area (Å²) in [6.45, 7) is 4.32. The molecule has 4 N–H and O–H groups in total. The van der Waals surface area contributed by atoms with Crippen LogP contribution in [0.15, 0.2) is 29.2 Å². The Bertz CT molecular complexity index is 527. The van der Waals surface area contributed by atoms with Crippen molar-refractivity contribution in [3.63, 3.8) is 0 Å². The van der Waals surface area contributed by atoms with Crippen LogP contribution in [0.2, 0.25) is 0 Å². The fourth-order valence-electron chi connectivity index (χ4n) is 2.44. The van der Waals surface area contributed by atoms with Crippen LogP contribution in [-0.2, 0) is 9.84 Å². The Balaban J connectivity index is 2.24. The summed E-state index contributed by atoms with van der Waals surface area (Å²) in [5.41, 5.74) is 13.2. The van der Waals surface area contributed by atoms with Gasteiger partial charge >= 0.3 is 0 Å². The lowest BCUT2D eigenvalue weighted by atomic mass is 9.90. The minimum atomic E-state index is -3.13. The standard InChI is InChI=1S/C13H21N3O2S/c1-3-19(17,18)11-6-4-10(5-7-11)13-12(8-14)9(2)15-16-13/h4-7,9,12-13,15-16H,3,8,14H2,1-2H3. The number of hydrogen-bond donors (Lipinski definition) is 3. The van der Waals surface area contributed by atoms with E-state index >= 15 is 0 Å². The van der Waals surface area contributed by atoms with E-state index in [1.165, 1.54) is 0 Å². The predicted molar refractivity (Wildman–Crippen MR) is 75.2 cm³/mol. The van der Waals surface area contributed by atoms with E-state index in [4.69, 9.17) is 5.73 Å². The molecule has 1 aromatic carbocycles. The van der Waals surface area contributed by atoms with E-state index in [2.05, 4.69) is 17.8 Å². The summed E-state index contributed by atoms with van der Waals surface area (Å²) in [7, 11) is -3.13. The zero-order valence-electron chi connectivity index (χ0n) is 11.3. The summed E-state index contributed by atoms with van der Waals surface area (Å²) in [6, 6.07) is 7.50. The Morgan fingerprint density at radius 2 is 1.84 bits per heavy atom. The smallest absolute Gasteiger partial charge is 0.178 e. The summed E-state index contributed by atoms with van der Waals surface area (Å²) in [4.78, 5) is 0.377. The van der Waals surface area contributed by atoms with Crippen molar-refractivity contribution < 1.29 is 8.42 Å². The number of sulfone groups is 1. The van der Waals surface area contributed by atoms with Gasteiger partial charge in [0.1, 0.15) is 0 Å². The lowest BCUT2D eigenvalue weighted by molar-refractivity contribution is 0.444. The highest BCUT2D eigenvalue weighted by Gasteiger charge is 2.32. The fourth-order valence-corrected chi connectivity index (χ4v) is 3.33. The first-order chi connectivity index (χ1) is 8.99. The Labute approximate surface area is 114 Å². The van der Waals surface area contributed by atoms with Crippen molar-refractivity contribution in [1.29, 1.82) is 0 Å². The number of benzene rings is 1. The lowest BCUT2D eigenvalue weighted by Crippen LogP contribution is -2.30. The molecule has 1 aliphatic heterocycles. The molecule has 0 aliphatic carbocycles. The van der Waals surface area contributed by atoms with Crippen molar-refractivity contribution in [2.45, 2.75) is 30.8 Å². The second kappa shape index (κ2) is 5.58. The number of rotatable bonds is 4. The SMILES string of the molecule is CCS(=O)(=O)c1ccc(C2NNC(C)C2CN)cc1. The molecule has 1 heterocycles. The molecule has 1 saturated heterocycles. The summed E-state index contributed by atoms with van der Waals surface area (Å²) >= 11 is 0. The highest BCUT2D eigenvalue weighted by Crippen LogP contribution is 2.28. The molecule has 6 heteroatoms. The molecule has 1 aromatic rings. The van der Waals surface area contributed by atoms with Gasteiger partial charge in [-0.2, -0.15) is 0 Å². The third-order valence-corrected chi connectivity index (χ3v) is 5.54. The molecule has 0 bridgehead atoms. The van der Waals surface area contributed by atoms with E-state index < -0.39 is 9.84 Å². The molecule has 19 heavy (non-hydrogen) atoms. The number of hydrogen-bond acceptors (Lipinski definition) is 5. The topological polar surface area (TPSA) is 84.2 Å². The summed E-state index contributed by atoms with van der Waals surface area (Å²) in [6.07, 6.45) is 0. The van der Waals surface area contributed by atoms with Gasteiger partial charge in [0.2, 0.25) is 0 Å². The Kier molecular flexibility index (Phi) is 4.25. The minimum absolute atomic E-state index is 0.123. The largest absolute Gasteiger partial charge is 0.330 e. The van der Waals surface area contributed by atoms with Gasteiger partial charge in [-0.1, -0.05) is 19.1 Å². The lowest BCUT2D eigenvalue weighted by Gasteiger charge is -2.19. The van der Waals surface area contributed by atoms with Crippen LogP contribution in [0.1, 0.15) is 25.5 Å². The second-order valence-corrected chi connectivity index (χ2v) is 7.21. The van der Waals surface area contributed by atoms with Crippen LogP contribution in [-0.4, -0.2) is 26.8 Å². The van der Waals surface area contributed by atoms with E-state index in [1.54, 1.807) is 19.1 Å². The van der Waals surface area contributed by atoms with Gasteiger partial charge in [0.15, 0.2) is 9.84 Å². The van der Waals surface area contributed by atoms with Crippen LogP contribution < -0.4 is 16.6 Å². The molecule has 1 aliphatic rings. The van der Waals surface area contributed by atoms with E-state index in [0.717, 1.165) is 5.56 Å². The van der Waals surface area contributed by atoms with Crippen LogP contribution in [0.3, 0.4) is 0 Å². The Hall–Kier alpha value is -0.950. The van der Waals surface area contributed by atoms with Gasteiger partial charge in [-0.25, -0.2) is 13.8 Å². The molecule has 3 atom stereocenters. The fraction of sp³-hybridized carbons (Fsp3) is 0.538. The van der Waals surface area contributed by atoms with Gasteiger partial charge in [0.05, 0.1) is 16.7 Å². The van der Waals surface area contributed by atoms with Gasteiger partial charge in [0, 0.05) is 12.0 Å². The Morgan fingerprint density at radius 1 is 1.21 bits per heavy atom. The summed E-state index contributed by atoms with van der Waals surface area (Å²) in [5, 5.41) is 0. The third kappa shape index (κ3) is 2.81. The van der Waals surface area contributed by atoms with Crippen LogP contribution in [0.25, 0.3) is 0 Å². The molecule has 0 aromatic heterocycles. The number of nitrogens with two attached hydrogens (primary N) is 1. The maximum atomic E-state index is 11.8. The minimum Gasteiger partial charge on any atom is -0.330 e. The third-order valence-electron chi connectivity index (χ3n) is 3.79. The maximum absolute atomic E-state index is 11.8. The molecular weight excluding hydrogens is 262 g/mol. The maximum Gasteiger partial charge on any atom is 0.178 e. The van der Waals surface area contributed by atoms with Crippen molar-refractivity contribution in [3.8, 4) is 0 Å². The van der Waals surface area contributed by atoms with Gasteiger partial charge < -0.3 is 5.73 Å². The highest BCUT2D eigenvalue weighted by molar-refractivity contribution is 7.91. The Morgan fingerprint density at radius 3 is 2.37 bits per heavy atom. The molecule has 0 spiro atoms. The number of nitrogens with one attached hydrogen (secondary N) is 2. The van der Waals surface area contributed by atoms with Gasteiger partial charge in [0.25, 0.3) is 0 Å². The first-order valence-corrected chi connectivity index (χ1v) is 8.18. The van der Waals surface area contributed by atoms with Gasteiger partial charge in [-0.3, -0.25) is 5.43 Å². The van der Waals surface area contributed by atoms with Crippen LogP contribution in [0.5, 0.6) is 0 Å². The second-order valence-electron chi connectivity index (χ2n) is 4.93. The molecule has 3 unspecified atom stereocenters. The molecular formula is C13H21N3O2S. The quantitative estimate of drug-likeness (QED) is 0.753. The van der Waals surface area contributed by atoms with Crippen LogP contribution in [0.4, 0.5) is 0 Å². The highest BCUT2D eigenvalue weighted by atomic mass is 32.2. The first-order valence-electron chi connectivity index (χ1n) is 6.53. The number of hydrazine groups is 1. The first kappa shape index (κ1) is 14.5. The van der Waals surface area contributed by atoms with Crippen molar-refractivity contribution in [1.82, 2.24) is 10.9 Å². The summed E-state index contributed by atoms with van der Waals surface area (Å²) in [5.74, 6) is 0.423. The van der Waals surface area contributed by atoms with Crippen LogP contribution in [0, 0.1) is 5.92 Å².